The van der Waals surface area contributed by atoms with Crippen LogP contribution in [0.1, 0.15) is 28.8 Å². The maximum absolute atomic E-state index is 12.2. The zero-order valence-electron chi connectivity index (χ0n) is 15.0. The van der Waals surface area contributed by atoms with E-state index in [1.165, 1.54) is 0 Å². The van der Waals surface area contributed by atoms with Gasteiger partial charge in [0.25, 0.3) is 0 Å². The van der Waals surface area contributed by atoms with Crippen molar-refractivity contribution < 1.29 is 19.5 Å². The Hall–Kier alpha value is -2.02. The summed E-state index contributed by atoms with van der Waals surface area (Å²) in [6, 6.07) is 14.7. The third-order valence-corrected chi connectivity index (χ3v) is 5.46. The lowest BCUT2D eigenvalue weighted by Crippen LogP contribution is -2.43. The van der Waals surface area contributed by atoms with E-state index in [1.807, 2.05) is 30.5 Å². The molecule has 0 radical (unpaired) electrons. The summed E-state index contributed by atoms with van der Waals surface area (Å²) in [5.74, 6) is 0.404. The molecule has 1 saturated heterocycles. The van der Waals surface area contributed by atoms with E-state index >= 15 is 0 Å². The van der Waals surface area contributed by atoms with Crippen molar-refractivity contribution in [1.29, 1.82) is 0 Å². The Morgan fingerprint density at radius 3 is 2.46 bits per heavy atom. The summed E-state index contributed by atoms with van der Waals surface area (Å²) in [6.07, 6.45) is 2.97. The van der Waals surface area contributed by atoms with E-state index in [1.54, 1.807) is 48.2 Å². The Morgan fingerprint density at radius 2 is 1.85 bits per heavy atom. The Bertz CT molecular complexity index is 758. The first-order valence-corrected chi connectivity index (χ1v) is 9.75. The number of carbonyl (C=O) groups excluding carboxylic acids is 1. The monoisotopic (exact) mass is 373 g/mol. The SMILES string of the molecule is COc1ccc(C2(O)CCN(OC(=O)c3ccccc3)CC2)c(SC)c1. The molecular formula is C20H23NO4S. The van der Waals surface area contributed by atoms with Crippen LogP contribution in [0.15, 0.2) is 53.4 Å². The second-order valence-corrected chi connectivity index (χ2v) is 7.12. The van der Waals surface area contributed by atoms with Crippen molar-refractivity contribution in [1.82, 2.24) is 5.06 Å². The molecule has 0 bridgehead atoms. The van der Waals surface area contributed by atoms with Gasteiger partial charge < -0.3 is 14.7 Å². The maximum Gasteiger partial charge on any atom is 0.357 e. The van der Waals surface area contributed by atoms with Gasteiger partial charge in [-0.3, -0.25) is 0 Å². The van der Waals surface area contributed by atoms with Crippen molar-refractivity contribution >= 4 is 17.7 Å². The van der Waals surface area contributed by atoms with E-state index < -0.39 is 5.60 Å². The molecule has 0 spiro atoms. The number of benzene rings is 2. The van der Waals surface area contributed by atoms with E-state index in [0.717, 1.165) is 16.2 Å². The van der Waals surface area contributed by atoms with Crippen LogP contribution in [0.2, 0.25) is 0 Å². The number of hydrogen-bond acceptors (Lipinski definition) is 6. The smallest absolute Gasteiger partial charge is 0.357 e. The van der Waals surface area contributed by atoms with Gasteiger partial charge in [-0.25, -0.2) is 4.79 Å². The molecule has 0 aromatic heterocycles. The second kappa shape index (κ2) is 8.12. The molecule has 1 fully saturated rings. The Morgan fingerprint density at radius 1 is 1.15 bits per heavy atom. The van der Waals surface area contributed by atoms with Gasteiger partial charge >= 0.3 is 5.97 Å². The van der Waals surface area contributed by atoms with Crippen molar-refractivity contribution in [3.63, 3.8) is 0 Å². The van der Waals surface area contributed by atoms with Gasteiger partial charge in [0.15, 0.2) is 0 Å². The van der Waals surface area contributed by atoms with Gasteiger partial charge in [0.05, 0.1) is 18.3 Å². The largest absolute Gasteiger partial charge is 0.497 e. The Labute approximate surface area is 157 Å². The second-order valence-electron chi connectivity index (χ2n) is 6.27. The van der Waals surface area contributed by atoms with Crippen LogP contribution >= 0.6 is 11.8 Å². The number of nitrogens with zero attached hydrogens (tertiary/aromatic N) is 1. The number of rotatable bonds is 5. The van der Waals surface area contributed by atoms with Gasteiger partial charge in [-0.15, -0.1) is 16.8 Å². The van der Waals surface area contributed by atoms with Crippen molar-refractivity contribution in [2.75, 3.05) is 26.5 Å². The minimum atomic E-state index is -0.930. The predicted octanol–water partition coefficient (Wildman–Crippen LogP) is 3.47. The first kappa shape index (κ1) is 18.8. The molecule has 26 heavy (non-hydrogen) atoms. The first-order chi connectivity index (χ1) is 12.6. The van der Waals surface area contributed by atoms with Crippen LogP contribution in [-0.2, 0) is 10.4 Å². The molecule has 0 atom stereocenters. The summed E-state index contributed by atoms with van der Waals surface area (Å²) in [6.45, 7) is 0.962. The molecule has 0 saturated carbocycles. The van der Waals surface area contributed by atoms with E-state index in [2.05, 4.69) is 0 Å². The molecule has 3 rings (SSSR count). The fourth-order valence-electron chi connectivity index (χ4n) is 3.14. The highest BCUT2D eigenvalue weighted by atomic mass is 32.2. The summed E-state index contributed by atoms with van der Waals surface area (Å²) >= 11 is 1.59. The van der Waals surface area contributed by atoms with Crippen LogP contribution < -0.4 is 4.74 Å². The number of methoxy groups -OCH3 is 1. The average molecular weight is 373 g/mol. The van der Waals surface area contributed by atoms with Gasteiger partial charge in [0, 0.05) is 18.0 Å². The fraction of sp³-hybridized carbons (Fsp3) is 0.350. The number of thioether (sulfide) groups is 1. The normalized spacial score (nSPS) is 16.9. The Kier molecular flexibility index (Phi) is 5.86. The van der Waals surface area contributed by atoms with Gasteiger partial charge in [-0.1, -0.05) is 24.3 Å². The molecule has 138 valence electrons. The fourth-order valence-corrected chi connectivity index (χ4v) is 3.86. The van der Waals surface area contributed by atoms with Crippen LogP contribution in [0.3, 0.4) is 0 Å². The number of piperidine rings is 1. The van der Waals surface area contributed by atoms with E-state index in [9.17, 15) is 9.90 Å². The van der Waals surface area contributed by atoms with E-state index in [0.29, 0.717) is 31.5 Å². The molecule has 1 aliphatic rings. The van der Waals surface area contributed by atoms with Gasteiger partial charge in [-0.2, -0.15) is 0 Å². The third kappa shape index (κ3) is 4.03. The molecule has 6 heteroatoms. The molecule has 0 unspecified atom stereocenters. The molecule has 2 aromatic rings. The summed E-state index contributed by atoms with van der Waals surface area (Å²) in [5, 5.41) is 12.8. The number of aliphatic hydroxyl groups is 1. The van der Waals surface area contributed by atoms with Crippen LogP contribution in [0.25, 0.3) is 0 Å². The van der Waals surface area contributed by atoms with Crippen molar-refractivity contribution in [3.8, 4) is 5.75 Å². The predicted molar refractivity (Wildman–Crippen MR) is 101 cm³/mol. The highest BCUT2D eigenvalue weighted by Crippen LogP contribution is 2.39. The number of ether oxygens (including phenoxy) is 1. The molecular weight excluding hydrogens is 350 g/mol. The van der Waals surface area contributed by atoms with Crippen molar-refractivity contribution in [3.05, 3.63) is 59.7 Å². The summed E-state index contributed by atoms with van der Waals surface area (Å²) < 4.78 is 5.27. The minimum absolute atomic E-state index is 0.370. The molecule has 1 heterocycles. The summed E-state index contributed by atoms with van der Waals surface area (Å²) in [7, 11) is 1.63. The molecule has 1 aliphatic heterocycles. The molecule has 0 amide bonds. The quantitative estimate of drug-likeness (QED) is 0.810. The van der Waals surface area contributed by atoms with E-state index in [4.69, 9.17) is 9.57 Å². The molecule has 2 aromatic carbocycles. The summed E-state index contributed by atoms with van der Waals surface area (Å²) in [5.41, 5.74) is 0.494. The zero-order valence-corrected chi connectivity index (χ0v) is 15.8. The van der Waals surface area contributed by atoms with E-state index in [-0.39, 0.29) is 5.97 Å². The lowest BCUT2D eigenvalue weighted by Gasteiger charge is -2.38. The number of hydrogen-bond donors (Lipinski definition) is 1. The minimum Gasteiger partial charge on any atom is -0.497 e. The standard InChI is InChI=1S/C20H23NO4S/c1-24-16-8-9-17(18(14-16)26-2)20(23)10-12-21(13-11-20)25-19(22)15-6-4-3-5-7-15/h3-9,14,23H,10-13H2,1-2H3. The van der Waals surface area contributed by atoms with Crippen LogP contribution in [0.4, 0.5) is 0 Å². The highest BCUT2D eigenvalue weighted by Gasteiger charge is 2.37. The molecule has 1 N–H and O–H groups in total. The Balaban J connectivity index is 1.66. The third-order valence-electron chi connectivity index (χ3n) is 4.68. The lowest BCUT2D eigenvalue weighted by atomic mass is 9.85. The van der Waals surface area contributed by atoms with Gasteiger partial charge in [0.1, 0.15) is 5.75 Å². The van der Waals surface area contributed by atoms with Crippen molar-refractivity contribution in [2.24, 2.45) is 0 Å². The summed E-state index contributed by atoms with van der Waals surface area (Å²) in [4.78, 5) is 18.6. The number of carbonyl (C=O) groups is 1. The lowest BCUT2D eigenvalue weighted by molar-refractivity contribution is -0.156. The van der Waals surface area contributed by atoms with Crippen molar-refractivity contribution in [2.45, 2.75) is 23.3 Å². The average Bonchev–Trinajstić information content (AvgIpc) is 2.70. The van der Waals surface area contributed by atoms with Crippen LogP contribution in [0, 0.1) is 0 Å². The maximum atomic E-state index is 12.2. The van der Waals surface area contributed by atoms with Gasteiger partial charge in [0.2, 0.25) is 0 Å². The molecule has 5 nitrogen and oxygen atoms in total. The topological polar surface area (TPSA) is 59.0 Å². The molecule has 0 aliphatic carbocycles. The number of hydroxylamine groups is 2. The first-order valence-electron chi connectivity index (χ1n) is 8.53. The highest BCUT2D eigenvalue weighted by molar-refractivity contribution is 7.98. The van der Waals surface area contributed by atoms with Gasteiger partial charge in [-0.05, 0) is 48.9 Å². The van der Waals surface area contributed by atoms with Crippen LogP contribution in [-0.4, -0.2) is 42.6 Å². The van der Waals surface area contributed by atoms with Crippen LogP contribution in [0.5, 0.6) is 5.75 Å². The zero-order chi connectivity index (χ0) is 18.6.